The number of rotatable bonds is 8. The zero-order valence-corrected chi connectivity index (χ0v) is 13.1. The van der Waals surface area contributed by atoms with Crippen molar-refractivity contribution >= 4 is 12.4 Å². The molecule has 3 nitrogen and oxygen atoms in total. The Morgan fingerprint density at radius 1 is 0.905 bits per heavy atom. The minimum absolute atomic E-state index is 0. The Morgan fingerprint density at radius 3 is 2.29 bits per heavy atom. The van der Waals surface area contributed by atoms with Crippen LogP contribution in [0.4, 0.5) is 0 Å². The molecule has 0 aromatic heterocycles. The highest BCUT2D eigenvalue weighted by molar-refractivity contribution is 5.85. The minimum Gasteiger partial charge on any atom is -0.489 e. The maximum atomic E-state index is 5.75. The van der Waals surface area contributed by atoms with Gasteiger partial charge in [0.15, 0.2) is 0 Å². The molecular weight excluding hydrogens is 286 g/mol. The molecule has 0 unspecified atom stereocenters. The Morgan fingerprint density at radius 2 is 1.62 bits per heavy atom. The molecule has 21 heavy (non-hydrogen) atoms. The Labute approximate surface area is 132 Å². The fourth-order valence-electron chi connectivity index (χ4n) is 1.85. The van der Waals surface area contributed by atoms with Gasteiger partial charge < -0.3 is 14.8 Å². The van der Waals surface area contributed by atoms with Crippen LogP contribution in [0, 0.1) is 0 Å². The van der Waals surface area contributed by atoms with Gasteiger partial charge in [-0.25, -0.2) is 0 Å². The topological polar surface area (TPSA) is 30.5 Å². The van der Waals surface area contributed by atoms with E-state index >= 15 is 0 Å². The fourth-order valence-corrected chi connectivity index (χ4v) is 1.85. The van der Waals surface area contributed by atoms with Gasteiger partial charge in [-0.05, 0) is 23.3 Å². The number of hydrogen-bond acceptors (Lipinski definition) is 3. The zero-order chi connectivity index (χ0) is 14.0. The minimum atomic E-state index is 0. The van der Waals surface area contributed by atoms with E-state index in [4.69, 9.17) is 9.47 Å². The number of nitrogens with one attached hydrogen (secondary N) is 1. The summed E-state index contributed by atoms with van der Waals surface area (Å²) in [5.74, 6) is 0.898. The van der Waals surface area contributed by atoms with Crippen LogP contribution in [0.5, 0.6) is 5.75 Å². The molecule has 0 amide bonds. The van der Waals surface area contributed by atoms with Gasteiger partial charge in [-0.3, -0.25) is 0 Å². The van der Waals surface area contributed by atoms with Crippen LogP contribution in [-0.4, -0.2) is 20.3 Å². The van der Waals surface area contributed by atoms with Crippen molar-refractivity contribution in [2.24, 2.45) is 0 Å². The zero-order valence-electron chi connectivity index (χ0n) is 12.2. The molecule has 0 heterocycles. The average molecular weight is 308 g/mol. The Kier molecular flexibility index (Phi) is 8.51. The third kappa shape index (κ3) is 6.63. The number of benzene rings is 2. The summed E-state index contributed by atoms with van der Waals surface area (Å²) >= 11 is 0. The van der Waals surface area contributed by atoms with Gasteiger partial charge in [0.2, 0.25) is 0 Å². The van der Waals surface area contributed by atoms with Crippen LogP contribution in [-0.2, 0) is 17.9 Å². The van der Waals surface area contributed by atoms with E-state index in [1.165, 1.54) is 11.1 Å². The normalized spacial score (nSPS) is 9.95. The summed E-state index contributed by atoms with van der Waals surface area (Å²) in [6, 6.07) is 18.4. The van der Waals surface area contributed by atoms with Gasteiger partial charge in [-0.1, -0.05) is 42.5 Å². The van der Waals surface area contributed by atoms with Crippen LogP contribution in [0.2, 0.25) is 0 Å². The van der Waals surface area contributed by atoms with Crippen molar-refractivity contribution in [1.29, 1.82) is 0 Å². The predicted molar refractivity (Wildman–Crippen MR) is 88.0 cm³/mol. The van der Waals surface area contributed by atoms with Crippen LogP contribution < -0.4 is 10.1 Å². The van der Waals surface area contributed by atoms with E-state index in [0.717, 1.165) is 25.4 Å². The second-order valence-electron chi connectivity index (χ2n) is 4.59. The molecule has 0 fully saturated rings. The lowest BCUT2D eigenvalue weighted by molar-refractivity contribution is 0.199. The molecule has 114 valence electrons. The summed E-state index contributed by atoms with van der Waals surface area (Å²) in [4.78, 5) is 0. The molecule has 0 saturated heterocycles. The van der Waals surface area contributed by atoms with E-state index in [1.54, 1.807) is 7.11 Å². The molecule has 0 radical (unpaired) electrons. The summed E-state index contributed by atoms with van der Waals surface area (Å²) in [5.41, 5.74) is 2.42. The monoisotopic (exact) mass is 307 g/mol. The van der Waals surface area contributed by atoms with Crippen molar-refractivity contribution in [1.82, 2.24) is 5.32 Å². The van der Waals surface area contributed by atoms with Crippen molar-refractivity contribution < 1.29 is 9.47 Å². The standard InChI is InChI=1S/C17H21NO2.ClH/c1-19-12-11-18-13-15-7-9-17(10-8-15)20-14-16-5-3-2-4-6-16;/h2-10,18H,11-14H2,1H3;1H. The second kappa shape index (κ2) is 10.2. The molecule has 2 rings (SSSR count). The van der Waals surface area contributed by atoms with Crippen LogP contribution in [0.25, 0.3) is 0 Å². The van der Waals surface area contributed by atoms with Crippen LogP contribution in [0.15, 0.2) is 54.6 Å². The van der Waals surface area contributed by atoms with E-state index in [9.17, 15) is 0 Å². The fraction of sp³-hybridized carbons (Fsp3) is 0.294. The predicted octanol–water partition coefficient (Wildman–Crippen LogP) is 3.42. The molecule has 0 bridgehead atoms. The maximum absolute atomic E-state index is 5.75. The second-order valence-corrected chi connectivity index (χ2v) is 4.59. The highest BCUT2D eigenvalue weighted by Gasteiger charge is 1.97. The SMILES string of the molecule is COCCNCc1ccc(OCc2ccccc2)cc1.Cl. The van der Waals surface area contributed by atoms with Gasteiger partial charge in [0.05, 0.1) is 6.61 Å². The first-order chi connectivity index (χ1) is 9.88. The van der Waals surface area contributed by atoms with Gasteiger partial charge >= 0.3 is 0 Å². The molecule has 0 spiro atoms. The molecule has 0 aliphatic rings. The molecule has 2 aromatic rings. The first-order valence-corrected chi connectivity index (χ1v) is 6.84. The smallest absolute Gasteiger partial charge is 0.119 e. The molecule has 0 saturated carbocycles. The summed E-state index contributed by atoms with van der Waals surface area (Å²) < 4.78 is 10.7. The highest BCUT2D eigenvalue weighted by atomic mass is 35.5. The third-order valence-corrected chi connectivity index (χ3v) is 2.98. The molecule has 0 aliphatic heterocycles. The summed E-state index contributed by atoms with van der Waals surface area (Å²) in [6.45, 7) is 3.05. The number of ether oxygens (including phenoxy) is 2. The Balaban J connectivity index is 0.00000220. The quantitative estimate of drug-likeness (QED) is 0.758. The van der Waals surface area contributed by atoms with E-state index in [2.05, 4.69) is 29.6 Å². The van der Waals surface area contributed by atoms with E-state index < -0.39 is 0 Å². The lowest BCUT2D eigenvalue weighted by Gasteiger charge is -2.08. The summed E-state index contributed by atoms with van der Waals surface area (Å²) in [7, 11) is 1.71. The van der Waals surface area contributed by atoms with Gasteiger partial charge in [0.25, 0.3) is 0 Å². The average Bonchev–Trinajstić information content (AvgIpc) is 2.52. The van der Waals surface area contributed by atoms with Gasteiger partial charge in [0, 0.05) is 20.2 Å². The third-order valence-electron chi connectivity index (χ3n) is 2.98. The molecule has 1 N–H and O–H groups in total. The van der Waals surface area contributed by atoms with Crippen molar-refractivity contribution in [2.75, 3.05) is 20.3 Å². The number of methoxy groups -OCH3 is 1. The molecule has 2 aromatic carbocycles. The molecule has 4 heteroatoms. The van der Waals surface area contributed by atoms with Crippen LogP contribution in [0.1, 0.15) is 11.1 Å². The molecule has 0 atom stereocenters. The van der Waals surface area contributed by atoms with Crippen LogP contribution in [0.3, 0.4) is 0 Å². The van der Waals surface area contributed by atoms with Crippen molar-refractivity contribution in [3.63, 3.8) is 0 Å². The Hall–Kier alpha value is -1.55. The first kappa shape index (κ1) is 17.5. The van der Waals surface area contributed by atoms with E-state index in [0.29, 0.717) is 6.61 Å². The number of halogens is 1. The van der Waals surface area contributed by atoms with Crippen LogP contribution >= 0.6 is 12.4 Å². The summed E-state index contributed by atoms with van der Waals surface area (Å²) in [5, 5.41) is 3.31. The highest BCUT2D eigenvalue weighted by Crippen LogP contribution is 2.14. The lowest BCUT2D eigenvalue weighted by atomic mass is 10.2. The van der Waals surface area contributed by atoms with E-state index in [1.807, 2.05) is 30.3 Å². The summed E-state index contributed by atoms with van der Waals surface area (Å²) in [6.07, 6.45) is 0. The lowest BCUT2D eigenvalue weighted by Crippen LogP contribution is -2.18. The van der Waals surface area contributed by atoms with Crippen molar-refractivity contribution in [2.45, 2.75) is 13.2 Å². The number of hydrogen-bond donors (Lipinski definition) is 1. The van der Waals surface area contributed by atoms with Gasteiger partial charge in [-0.2, -0.15) is 0 Å². The Bertz CT molecular complexity index is 488. The molecule has 0 aliphatic carbocycles. The maximum Gasteiger partial charge on any atom is 0.119 e. The van der Waals surface area contributed by atoms with Gasteiger partial charge in [-0.15, -0.1) is 12.4 Å². The van der Waals surface area contributed by atoms with Crippen molar-refractivity contribution in [3.05, 3.63) is 65.7 Å². The largest absolute Gasteiger partial charge is 0.489 e. The van der Waals surface area contributed by atoms with E-state index in [-0.39, 0.29) is 12.4 Å². The van der Waals surface area contributed by atoms with Crippen molar-refractivity contribution in [3.8, 4) is 5.75 Å². The molecular formula is C17H22ClNO2. The first-order valence-electron chi connectivity index (χ1n) is 6.84. The van der Waals surface area contributed by atoms with Gasteiger partial charge in [0.1, 0.15) is 12.4 Å².